The fraction of sp³-hybridized carbons (Fsp3) is 0.778. The number of hydrogen-bond acceptors (Lipinski definition) is 3. The summed E-state index contributed by atoms with van der Waals surface area (Å²) in [6.45, 7) is 1.93. The molecule has 0 aromatic heterocycles. The van der Waals surface area contributed by atoms with Gasteiger partial charge < -0.3 is 10.4 Å². The molecule has 0 saturated heterocycles. The Morgan fingerprint density at radius 2 is 2.00 bits per heavy atom. The van der Waals surface area contributed by atoms with Gasteiger partial charge in [0.05, 0.1) is 6.04 Å². The zero-order valence-corrected chi connectivity index (χ0v) is 8.17. The van der Waals surface area contributed by atoms with Crippen LogP contribution in [0.4, 0.5) is 0 Å². The molecule has 0 aromatic carbocycles. The Balaban J connectivity index is 3.87. The number of ketones is 1. The molecule has 0 aromatic rings. The first-order valence-electron chi connectivity index (χ1n) is 4.53. The summed E-state index contributed by atoms with van der Waals surface area (Å²) < 4.78 is 0. The van der Waals surface area contributed by atoms with Gasteiger partial charge in [-0.1, -0.05) is 6.92 Å². The van der Waals surface area contributed by atoms with E-state index in [0.29, 0.717) is 12.8 Å². The van der Waals surface area contributed by atoms with Gasteiger partial charge in [0, 0.05) is 12.8 Å². The van der Waals surface area contributed by atoms with E-state index in [1.165, 1.54) is 0 Å². The van der Waals surface area contributed by atoms with E-state index in [0.717, 1.165) is 6.42 Å². The fourth-order valence-electron chi connectivity index (χ4n) is 1.15. The van der Waals surface area contributed by atoms with Gasteiger partial charge in [-0.3, -0.25) is 9.59 Å². The van der Waals surface area contributed by atoms with E-state index in [2.05, 4.69) is 5.32 Å². The molecule has 76 valence electrons. The molecule has 0 rings (SSSR count). The lowest BCUT2D eigenvalue weighted by Gasteiger charge is -2.12. The molecule has 0 spiro atoms. The molecule has 0 heterocycles. The summed E-state index contributed by atoms with van der Waals surface area (Å²) in [7, 11) is 1.68. The van der Waals surface area contributed by atoms with Crippen LogP contribution in [-0.4, -0.2) is 29.9 Å². The van der Waals surface area contributed by atoms with Crippen LogP contribution in [-0.2, 0) is 9.59 Å². The summed E-state index contributed by atoms with van der Waals surface area (Å²) in [5, 5.41) is 11.3. The monoisotopic (exact) mass is 187 g/mol. The number of carbonyl (C=O) groups is 2. The minimum absolute atomic E-state index is 0.0426. The number of rotatable bonds is 7. The molecule has 13 heavy (non-hydrogen) atoms. The normalized spacial score (nSPS) is 12.5. The second kappa shape index (κ2) is 6.60. The lowest BCUT2D eigenvalue weighted by Crippen LogP contribution is -2.34. The average molecular weight is 187 g/mol. The van der Waals surface area contributed by atoms with Crippen molar-refractivity contribution in [2.45, 2.75) is 38.6 Å². The molecule has 0 radical (unpaired) electrons. The van der Waals surface area contributed by atoms with Crippen molar-refractivity contribution in [1.29, 1.82) is 0 Å². The highest BCUT2D eigenvalue weighted by Gasteiger charge is 2.15. The maximum Gasteiger partial charge on any atom is 0.303 e. The van der Waals surface area contributed by atoms with E-state index >= 15 is 0 Å². The lowest BCUT2D eigenvalue weighted by molar-refractivity contribution is -0.137. The Labute approximate surface area is 78.3 Å². The minimum atomic E-state index is -0.857. The quantitative estimate of drug-likeness (QED) is 0.619. The number of Topliss-reactive ketones (excluding diaryl/α,β-unsaturated/α-hetero) is 1. The highest BCUT2D eigenvalue weighted by atomic mass is 16.4. The van der Waals surface area contributed by atoms with Gasteiger partial charge in [-0.05, 0) is 19.9 Å². The van der Waals surface area contributed by atoms with Crippen LogP contribution in [0.15, 0.2) is 0 Å². The van der Waals surface area contributed by atoms with E-state index in [1.54, 1.807) is 7.05 Å². The molecular weight excluding hydrogens is 170 g/mol. The molecular formula is C9H17NO3. The van der Waals surface area contributed by atoms with Gasteiger partial charge >= 0.3 is 5.97 Å². The van der Waals surface area contributed by atoms with E-state index in [9.17, 15) is 9.59 Å². The Kier molecular flexibility index (Phi) is 6.14. The molecule has 0 bridgehead atoms. The first kappa shape index (κ1) is 12.1. The standard InChI is InChI=1S/C9H17NO3/c1-3-4-8(11)7(10-2)5-6-9(12)13/h7,10H,3-6H2,1-2H3,(H,12,13)/t7-/m1/s1. The molecule has 1 atom stereocenters. The van der Waals surface area contributed by atoms with Gasteiger partial charge in [-0.15, -0.1) is 0 Å². The van der Waals surface area contributed by atoms with Crippen LogP contribution in [0.1, 0.15) is 32.6 Å². The number of aliphatic carboxylic acids is 1. The summed E-state index contributed by atoms with van der Waals surface area (Å²) >= 11 is 0. The molecule has 0 aliphatic heterocycles. The highest BCUT2D eigenvalue weighted by Crippen LogP contribution is 2.02. The number of carboxylic acids is 1. The number of nitrogens with one attached hydrogen (secondary N) is 1. The molecule has 0 fully saturated rings. The maximum atomic E-state index is 11.3. The molecule has 4 heteroatoms. The van der Waals surface area contributed by atoms with Gasteiger partial charge in [0.1, 0.15) is 5.78 Å². The Bertz CT molecular complexity index is 180. The third-order valence-corrected chi connectivity index (χ3v) is 1.88. The van der Waals surface area contributed by atoms with Crippen molar-refractivity contribution < 1.29 is 14.7 Å². The number of carboxylic acid groups (broad SMARTS) is 1. The maximum absolute atomic E-state index is 11.3. The van der Waals surface area contributed by atoms with Crippen LogP contribution in [0.5, 0.6) is 0 Å². The molecule has 0 aliphatic rings. The number of hydrogen-bond donors (Lipinski definition) is 2. The van der Waals surface area contributed by atoms with Gasteiger partial charge in [0.15, 0.2) is 0 Å². The van der Waals surface area contributed by atoms with Gasteiger partial charge in [0.2, 0.25) is 0 Å². The molecule has 0 saturated carbocycles. The Hall–Kier alpha value is -0.900. The summed E-state index contributed by atoms with van der Waals surface area (Å²) in [5.74, 6) is -0.754. The smallest absolute Gasteiger partial charge is 0.303 e. The predicted molar refractivity (Wildman–Crippen MR) is 49.6 cm³/mol. The first-order valence-corrected chi connectivity index (χ1v) is 4.53. The fourth-order valence-corrected chi connectivity index (χ4v) is 1.15. The van der Waals surface area contributed by atoms with Gasteiger partial charge in [0.25, 0.3) is 0 Å². The summed E-state index contributed by atoms with van der Waals surface area (Å²) in [6.07, 6.45) is 1.75. The van der Waals surface area contributed by atoms with Crippen LogP contribution in [0.2, 0.25) is 0 Å². The number of likely N-dealkylation sites (N-methyl/N-ethyl adjacent to an activating group) is 1. The summed E-state index contributed by atoms with van der Waals surface area (Å²) in [6, 6.07) is -0.295. The summed E-state index contributed by atoms with van der Waals surface area (Å²) in [5.41, 5.74) is 0. The second-order valence-corrected chi connectivity index (χ2v) is 2.99. The molecule has 0 unspecified atom stereocenters. The molecule has 4 nitrogen and oxygen atoms in total. The Morgan fingerprint density at radius 3 is 2.38 bits per heavy atom. The molecule has 0 aliphatic carbocycles. The van der Waals surface area contributed by atoms with Crippen LogP contribution >= 0.6 is 0 Å². The van der Waals surface area contributed by atoms with E-state index in [4.69, 9.17) is 5.11 Å². The SMILES string of the molecule is CCCC(=O)[C@@H](CCC(=O)O)NC. The van der Waals surface area contributed by atoms with E-state index in [1.807, 2.05) is 6.92 Å². The summed E-state index contributed by atoms with van der Waals surface area (Å²) in [4.78, 5) is 21.6. The zero-order chi connectivity index (χ0) is 10.3. The van der Waals surface area contributed by atoms with Crippen molar-refractivity contribution in [1.82, 2.24) is 5.32 Å². The number of carbonyl (C=O) groups excluding carboxylic acids is 1. The third kappa shape index (κ3) is 5.36. The van der Waals surface area contributed by atoms with Crippen LogP contribution in [0, 0.1) is 0 Å². The van der Waals surface area contributed by atoms with Crippen molar-refractivity contribution >= 4 is 11.8 Å². The van der Waals surface area contributed by atoms with Crippen LogP contribution in [0.25, 0.3) is 0 Å². The lowest BCUT2D eigenvalue weighted by atomic mass is 10.0. The van der Waals surface area contributed by atoms with Crippen LogP contribution in [0.3, 0.4) is 0 Å². The van der Waals surface area contributed by atoms with Crippen LogP contribution < -0.4 is 5.32 Å². The van der Waals surface area contributed by atoms with Crippen molar-refractivity contribution in [3.8, 4) is 0 Å². The second-order valence-electron chi connectivity index (χ2n) is 2.99. The molecule has 0 amide bonds. The molecule has 2 N–H and O–H groups in total. The predicted octanol–water partition coefficient (Wildman–Crippen LogP) is 0.808. The Morgan fingerprint density at radius 1 is 1.38 bits per heavy atom. The van der Waals surface area contributed by atoms with Crippen molar-refractivity contribution in [2.24, 2.45) is 0 Å². The van der Waals surface area contributed by atoms with E-state index in [-0.39, 0.29) is 18.2 Å². The van der Waals surface area contributed by atoms with Gasteiger partial charge in [-0.25, -0.2) is 0 Å². The minimum Gasteiger partial charge on any atom is -0.481 e. The van der Waals surface area contributed by atoms with E-state index < -0.39 is 5.97 Å². The largest absolute Gasteiger partial charge is 0.481 e. The topological polar surface area (TPSA) is 66.4 Å². The van der Waals surface area contributed by atoms with Gasteiger partial charge in [-0.2, -0.15) is 0 Å². The third-order valence-electron chi connectivity index (χ3n) is 1.88. The van der Waals surface area contributed by atoms with Crippen molar-refractivity contribution in [3.05, 3.63) is 0 Å². The van der Waals surface area contributed by atoms with Crippen molar-refractivity contribution in [2.75, 3.05) is 7.05 Å². The average Bonchev–Trinajstić information content (AvgIpc) is 2.05. The van der Waals surface area contributed by atoms with Crippen molar-refractivity contribution in [3.63, 3.8) is 0 Å². The zero-order valence-electron chi connectivity index (χ0n) is 8.17. The first-order chi connectivity index (χ1) is 6.11. The highest BCUT2D eigenvalue weighted by molar-refractivity contribution is 5.84.